The first-order valence-corrected chi connectivity index (χ1v) is 6.46. The first-order valence-electron chi connectivity index (χ1n) is 5.31. The molecule has 0 saturated heterocycles. The average Bonchev–Trinajstić information content (AvgIpc) is 2.36. The van der Waals surface area contributed by atoms with Crippen LogP contribution in [0.25, 0.3) is 0 Å². The highest BCUT2D eigenvalue weighted by Gasteiger charge is 2.05. The highest BCUT2D eigenvalue weighted by Crippen LogP contribution is 2.17. The van der Waals surface area contributed by atoms with Crippen molar-refractivity contribution in [3.05, 3.63) is 24.3 Å². The molecule has 0 fully saturated rings. The average molecular weight is 280 g/mol. The molecule has 7 heteroatoms. The smallest absolute Gasteiger partial charge is 0.313 e. The summed E-state index contributed by atoms with van der Waals surface area (Å²) in [5.74, 6) is -0.806. The summed E-state index contributed by atoms with van der Waals surface area (Å²) in [6, 6.07) is 8.48. The zero-order chi connectivity index (χ0) is 14.1. The van der Waals surface area contributed by atoms with Gasteiger partial charge in [0.2, 0.25) is 5.91 Å². The van der Waals surface area contributed by atoms with Gasteiger partial charge in [0.1, 0.15) is 11.8 Å². The maximum absolute atomic E-state index is 11.5. The molecule has 100 valence electrons. The number of nitrogens with one attached hydrogen (secondary N) is 1. The lowest BCUT2D eigenvalue weighted by Crippen LogP contribution is -2.15. The molecule has 0 aliphatic heterocycles. The Hall–Kier alpha value is -2.20. The van der Waals surface area contributed by atoms with Gasteiger partial charge >= 0.3 is 5.97 Å². The number of nitrogens with zero attached hydrogens (tertiary/aromatic N) is 1. The van der Waals surface area contributed by atoms with Crippen LogP contribution < -0.4 is 10.1 Å². The second-order valence-electron chi connectivity index (χ2n) is 3.41. The van der Waals surface area contributed by atoms with E-state index in [0.29, 0.717) is 11.4 Å². The number of nitriles is 1. The third-order valence-electron chi connectivity index (χ3n) is 1.88. The van der Waals surface area contributed by atoms with Gasteiger partial charge in [-0.3, -0.25) is 9.59 Å². The largest absolute Gasteiger partial charge is 0.481 e. The fraction of sp³-hybridized carbons (Fsp3) is 0.250. The summed E-state index contributed by atoms with van der Waals surface area (Å²) in [6.45, 7) is -0.0636. The van der Waals surface area contributed by atoms with Gasteiger partial charge in [0.05, 0.1) is 11.5 Å². The summed E-state index contributed by atoms with van der Waals surface area (Å²) in [5.41, 5.74) is 0.538. The summed E-state index contributed by atoms with van der Waals surface area (Å²) in [4.78, 5) is 21.8. The monoisotopic (exact) mass is 280 g/mol. The number of benzene rings is 1. The second kappa shape index (κ2) is 8.00. The van der Waals surface area contributed by atoms with E-state index in [4.69, 9.17) is 15.1 Å². The number of aliphatic carboxylic acids is 1. The molecule has 6 nitrogen and oxygen atoms in total. The molecule has 0 aliphatic carbocycles. The number of carbonyl (C=O) groups is 2. The van der Waals surface area contributed by atoms with Crippen LogP contribution in [0.4, 0.5) is 5.69 Å². The molecule has 0 atom stereocenters. The first kappa shape index (κ1) is 14.9. The standard InChI is InChI=1S/C12H12N2O4S/c13-4-5-18-10-3-1-2-9(6-10)14-11(15)7-19-8-12(16)17/h1-3,6H,5,7-8H2,(H,14,15)(H,16,17). The molecular formula is C12H12N2O4S. The van der Waals surface area contributed by atoms with Crippen LogP contribution >= 0.6 is 11.8 Å². The van der Waals surface area contributed by atoms with E-state index in [1.807, 2.05) is 6.07 Å². The van der Waals surface area contributed by atoms with E-state index in [0.717, 1.165) is 11.8 Å². The van der Waals surface area contributed by atoms with E-state index in [1.165, 1.54) is 0 Å². The van der Waals surface area contributed by atoms with Gasteiger partial charge in [-0.25, -0.2) is 0 Å². The van der Waals surface area contributed by atoms with Crippen LogP contribution in [0.1, 0.15) is 0 Å². The van der Waals surface area contributed by atoms with Crippen molar-refractivity contribution in [1.29, 1.82) is 5.26 Å². The van der Waals surface area contributed by atoms with Gasteiger partial charge < -0.3 is 15.2 Å². The highest BCUT2D eigenvalue weighted by molar-refractivity contribution is 8.00. The molecule has 1 rings (SSSR count). The van der Waals surface area contributed by atoms with Crippen LogP contribution in [0.5, 0.6) is 5.75 Å². The van der Waals surface area contributed by atoms with Gasteiger partial charge in [-0.2, -0.15) is 5.26 Å². The molecule has 1 aromatic carbocycles. The first-order chi connectivity index (χ1) is 9.11. The lowest BCUT2D eigenvalue weighted by molar-refractivity contribution is -0.133. The SMILES string of the molecule is N#CCOc1cccc(NC(=O)CSCC(=O)O)c1. The summed E-state index contributed by atoms with van der Waals surface area (Å²) in [6.07, 6.45) is 0. The number of hydrogen-bond acceptors (Lipinski definition) is 5. The quantitative estimate of drug-likeness (QED) is 0.782. The lowest BCUT2D eigenvalue weighted by Gasteiger charge is -2.07. The van der Waals surface area contributed by atoms with Crippen LogP contribution in [0, 0.1) is 11.3 Å². The molecule has 0 aliphatic rings. The van der Waals surface area contributed by atoms with Crippen molar-refractivity contribution in [2.45, 2.75) is 0 Å². The highest BCUT2D eigenvalue weighted by atomic mass is 32.2. The van der Waals surface area contributed by atoms with Crippen molar-refractivity contribution in [2.24, 2.45) is 0 Å². The van der Waals surface area contributed by atoms with Crippen molar-refractivity contribution in [1.82, 2.24) is 0 Å². The van der Waals surface area contributed by atoms with Gasteiger partial charge in [-0.15, -0.1) is 11.8 Å². The van der Waals surface area contributed by atoms with Crippen molar-refractivity contribution in [3.8, 4) is 11.8 Å². The topological polar surface area (TPSA) is 99.4 Å². The molecule has 0 spiro atoms. The minimum atomic E-state index is -0.954. The number of thioether (sulfide) groups is 1. The lowest BCUT2D eigenvalue weighted by atomic mass is 10.3. The summed E-state index contributed by atoms with van der Waals surface area (Å²) < 4.78 is 5.09. The van der Waals surface area contributed by atoms with E-state index >= 15 is 0 Å². The summed E-state index contributed by atoms with van der Waals surface area (Å²) in [7, 11) is 0. The Bertz CT molecular complexity index is 499. The zero-order valence-electron chi connectivity index (χ0n) is 9.96. The second-order valence-corrected chi connectivity index (χ2v) is 4.39. The van der Waals surface area contributed by atoms with Gasteiger partial charge in [-0.1, -0.05) is 6.07 Å². The Labute approximate surface area is 114 Å². The van der Waals surface area contributed by atoms with Crippen LogP contribution in [-0.4, -0.2) is 35.1 Å². The molecule has 2 N–H and O–H groups in total. The number of carboxylic acids is 1. The number of rotatable bonds is 7. The third-order valence-corrected chi connectivity index (χ3v) is 2.80. The maximum Gasteiger partial charge on any atom is 0.313 e. The minimum Gasteiger partial charge on any atom is -0.481 e. The van der Waals surface area contributed by atoms with Crippen LogP contribution in [0.3, 0.4) is 0 Å². The van der Waals surface area contributed by atoms with Crippen molar-refractivity contribution < 1.29 is 19.4 Å². The Morgan fingerprint density at radius 3 is 2.89 bits per heavy atom. The summed E-state index contributed by atoms with van der Waals surface area (Å²) in [5, 5.41) is 19.4. The maximum atomic E-state index is 11.5. The van der Waals surface area contributed by atoms with Crippen molar-refractivity contribution >= 4 is 29.3 Å². The number of hydrogen-bond donors (Lipinski definition) is 2. The number of ether oxygens (including phenoxy) is 1. The Kier molecular flexibility index (Phi) is 6.26. The third kappa shape index (κ3) is 6.33. The van der Waals surface area contributed by atoms with Crippen LogP contribution in [0.2, 0.25) is 0 Å². The molecular weight excluding hydrogens is 268 g/mol. The number of amides is 1. The zero-order valence-corrected chi connectivity index (χ0v) is 10.8. The fourth-order valence-electron chi connectivity index (χ4n) is 1.21. The number of carboxylic acid groups (broad SMARTS) is 1. The molecule has 1 amide bonds. The number of carbonyl (C=O) groups excluding carboxylic acids is 1. The molecule has 0 bridgehead atoms. The van der Waals surface area contributed by atoms with Gasteiger partial charge in [-0.05, 0) is 12.1 Å². The molecule has 0 aromatic heterocycles. The predicted octanol–water partition coefficient (Wildman–Crippen LogP) is 1.35. The van der Waals surface area contributed by atoms with E-state index in [2.05, 4.69) is 5.32 Å². The number of anilines is 1. The van der Waals surface area contributed by atoms with E-state index in [-0.39, 0.29) is 24.0 Å². The molecule has 0 unspecified atom stereocenters. The Morgan fingerprint density at radius 2 is 2.21 bits per heavy atom. The van der Waals surface area contributed by atoms with Gasteiger partial charge in [0.15, 0.2) is 6.61 Å². The van der Waals surface area contributed by atoms with Crippen molar-refractivity contribution in [2.75, 3.05) is 23.4 Å². The molecule has 0 heterocycles. The summed E-state index contributed by atoms with van der Waals surface area (Å²) >= 11 is 1.02. The molecule has 0 radical (unpaired) electrons. The van der Waals surface area contributed by atoms with Gasteiger partial charge in [0.25, 0.3) is 0 Å². The normalized spacial score (nSPS) is 9.42. The fourth-order valence-corrected chi connectivity index (χ4v) is 1.74. The van der Waals surface area contributed by atoms with Gasteiger partial charge in [0, 0.05) is 11.8 Å². The van der Waals surface area contributed by atoms with E-state index < -0.39 is 5.97 Å². The van der Waals surface area contributed by atoms with E-state index in [1.54, 1.807) is 24.3 Å². The van der Waals surface area contributed by atoms with E-state index in [9.17, 15) is 9.59 Å². The van der Waals surface area contributed by atoms with Crippen LogP contribution in [-0.2, 0) is 9.59 Å². The Balaban J connectivity index is 2.45. The molecule has 1 aromatic rings. The Morgan fingerprint density at radius 1 is 1.42 bits per heavy atom. The molecule has 19 heavy (non-hydrogen) atoms. The predicted molar refractivity (Wildman–Crippen MR) is 71.1 cm³/mol. The van der Waals surface area contributed by atoms with Crippen LogP contribution in [0.15, 0.2) is 24.3 Å². The van der Waals surface area contributed by atoms with Crippen molar-refractivity contribution in [3.63, 3.8) is 0 Å². The minimum absolute atomic E-state index is 0.0636. The molecule has 0 saturated carbocycles.